The molecule has 1 heterocycles. The lowest BCUT2D eigenvalue weighted by atomic mass is 10.1. The summed E-state index contributed by atoms with van der Waals surface area (Å²) in [6, 6.07) is 4.12. The summed E-state index contributed by atoms with van der Waals surface area (Å²) in [4.78, 5) is 10.2. The number of hydrogen-bond donors (Lipinski definition) is 5. The summed E-state index contributed by atoms with van der Waals surface area (Å²) < 4.78 is 5.32. The second-order valence-corrected chi connectivity index (χ2v) is 5.15. The molecule has 22 heavy (non-hydrogen) atoms. The summed E-state index contributed by atoms with van der Waals surface area (Å²) in [5, 5.41) is 51.7. The number of nitro groups is 1. The third-order valence-electron chi connectivity index (χ3n) is 3.59. The van der Waals surface area contributed by atoms with Crippen molar-refractivity contribution in [3.8, 4) is 0 Å². The van der Waals surface area contributed by atoms with Crippen LogP contribution in [-0.2, 0) is 4.74 Å². The van der Waals surface area contributed by atoms with Crippen LogP contribution in [0, 0.1) is 17.0 Å². The molecular formula is C13H18N2O7. The molecule has 0 aliphatic carbocycles. The molecule has 2 rings (SSSR count). The summed E-state index contributed by atoms with van der Waals surface area (Å²) in [7, 11) is 0. The van der Waals surface area contributed by atoms with Gasteiger partial charge in [-0.1, -0.05) is 0 Å². The highest BCUT2D eigenvalue weighted by Gasteiger charge is 2.45. The third kappa shape index (κ3) is 3.18. The number of nitrogens with one attached hydrogen (secondary N) is 1. The van der Waals surface area contributed by atoms with Crippen molar-refractivity contribution < 1.29 is 30.1 Å². The zero-order chi connectivity index (χ0) is 16.4. The largest absolute Gasteiger partial charge is 0.394 e. The number of nitro benzene ring substituents is 1. The third-order valence-corrected chi connectivity index (χ3v) is 3.59. The summed E-state index contributed by atoms with van der Waals surface area (Å²) in [6.45, 7) is 1.03. The first-order chi connectivity index (χ1) is 10.3. The SMILES string of the molecule is Cc1cc([N+](=O)[O-])ccc1N[C@H]1O[C@H]([C@H](O)CO)[C@H](O)[C@H]1O. The average Bonchev–Trinajstić information content (AvgIpc) is 2.76. The molecular weight excluding hydrogens is 296 g/mol. The Bertz CT molecular complexity index is 553. The van der Waals surface area contributed by atoms with Crippen LogP contribution in [0.15, 0.2) is 18.2 Å². The predicted octanol–water partition coefficient (Wildman–Crippen LogP) is -0.885. The van der Waals surface area contributed by atoms with E-state index >= 15 is 0 Å². The molecule has 1 aliphatic rings. The molecule has 0 aromatic heterocycles. The molecule has 122 valence electrons. The minimum absolute atomic E-state index is 0.0652. The number of aryl methyl sites for hydroxylation is 1. The highest BCUT2D eigenvalue weighted by Crippen LogP contribution is 2.28. The van der Waals surface area contributed by atoms with Crippen molar-refractivity contribution in [3.05, 3.63) is 33.9 Å². The van der Waals surface area contributed by atoms with Gasteiger partial charge in [0.25, 0.3) is 5.69 Å². The first-order valence-electron chi connectivity index (χ1n) is 6.67. The maximum Gasteiger partial charge on any atom is 0.269 e. The monoisotopic (exact) mass is 314 g/mol. The number of hydrogen-bond acceptors (Lipinski definition) is 8. The minimum Gasteiger partial charge on any atom is -0.394 e. The predicted molar refractivity (Wildman–Crippen MR) is 75.2 cm³/mol. The Labute approximate surface area is 125 Å². The van der Waals surface area contributed by atoms with Crippen molar-refractivity contribution >= 4 is 11.4 Å². The van der Waals surface area contributed by atoms with E-state index in [4.69, 9.17) is 9.84 Å². The minimum atomic E-state index is -1.36. The molecule has 1 aromatic carbocycles. The van der Waals surface area contributed by atoms with Crippen molar-refractivity contribution in [2.45, 2.75) is 37.6 Å². The molecule has 0 bridgehead atoms. The van der Waals surface area contributed by atoms with Crippen molar-refractivity contribution in [3.63, 3.8) is 0 Å². The second-order valence-electron chi connectivity index (χ2n) is 5.15. The van der Waals surface area contributed by atoms with Gasteiger partial charge >= 0.3 is 0 Å². The van der Waals surface area contributed by atoms with E-state index in [2.05, 4.69) is 5.32 Å². The molecule has 1 saturated heterocycles. The Kier molecular flexibility index (Phi) is 4.94. The second kappa shape index (κ2) is 6.55. The number of rotatable bonds is 5. The number of anilines is 1. The van der Waals surface area contributed by atoms with Crippen molar-refractivity contribution in [1.82, 2.24) is 0 Å². The molecule has 9 nitrogen and oxygen atoms in total. The lowest BCUT2D eigenvalue weighted by Crippen LogP contribution is -2.40. The Morgan fingerprint density at radius 2 is 2.09 bits per heavy atom. The topological polar surface area (TPSA) is 145 Å². The molecule has 1 aliphatic heterocycles. The number of nitrogens with zero attached hydrogens (tertiary/aromatic N) is 1. The summed E-state index contributed by atoms with van der Waals surface area (Å²) in [5.41, 5.74) is 0.983. The van der Waals surface area contributed by atoms with Gasteiger partial charge in [-0.15, -0.1) is 0 Å². The van der Waals surface area contributed by atoms with Crippen LogP contribution in [0.3, 0.4) is 0 Å². The van der Waals surface area contributed by atoms with Gasteiger partial charge < -0.3 is 30.5 Å². The number of aliphatic hydroxyl groups is 4. The number of benzene rings is 1. The maximum atomic E-state index is 10.7. The Balaban J connectivity index is 2.12. The van der Waals surface area contributed by atoms with Gasteiger partial charge in [0.15, 0.2) is 6.23 Å². The zero-order valence-corrected chi connectivity index (χ0v) is 11.8. The van der Waals surface area contributed by atoms with E-state index in [1.54, 1.807) is 6.92 Å². The van der Waals surface area contributed by atoms with Crippen LogP contribution in [0.2, 0.25) is 0 Å². The molecule has 0 radical (unpaired) electrons. The molecule has 1 fully saturated rings. The van der Waals surface area contributed by atoms with Gasteiger partial charge in [-0.3, -0.25) is 10.1 Å². The van der Waals surface area contributed by atoms with Crippen LogP contribution < -0.4 is 5.32 Å². The van der Waals surface area contributed by atoms with Gasteiger partial charge in [0, 0.05) is 17.8 Å². The number of aliphatic hydroxyl groups excluding tert-OH is 4. The highest BCUT2D eigenvalue weighted by atomic mass is 16.6. The van der Waals surface area contributed by atoms with E-state index in [-0.39, 0.29) is 5.69 Å². The summed E-state index contributed by atoms with van der Waals surface area (Å²) in [6.07, 6.45) is -6.15. The molecule has 0 spiro atoms. The normalized spacial score (nSPS) is 29.3. The molecule has 9 heteroatoms. The Morgan fingerprint density at radius 3 is 2.64 bits per heavy atom. The average molecular weight is 314 g/mol. The van der Waals surface area contributed by atoms with Gasteiger partial charge in [0.2, 0.25) is 0 Å². The quantitative estimate of drug-likeness (QED) is 0.348. The van der Waals surface area contributed by atoms with Gasteiger partial charge in [-0.25, -0.2) is 0 Å². The molecule has 5 atom stereocenters. The van der Waals surface area contributed by atoms with Gasteiger partial charge in [-0.05, 0) is 18.6 Å². The van der Waals surface area contributed by atoms with E-state index in [1.807, 2.05) is 0 Å². The van der Waals surface area contributed by atoms with E-state index in [0.717, 1.165) is 0 Å². The Morgan fingerprint density at radius 1 is 1.41 bits per heavy atom. The standard InChI is InChI=1S/C13H18N2O7/c1-6-4-7(15(20)21)2-3-8(6)14-13-11(19)10(18)12(22-13)9(17)5-16/h2-4,9-14,16-19H,5H2,1H3/t9-,10-,11-,12-,13+/m1/s1. The van der Waals surface area contributed by atoms with Crippen molar-refractivity contribution in [2.75, 3.05) is 11.9 Å². The number of non-ortho nitro benzene ring substituents is 1. The first-order valence-corrected chi connectivity index (χ1v) is 6.67. The Hall–Kier alpha value is -1.78. The van der Waals surface area contributed by atoms with Crippen LogP contribution in [0.5, 0.6) is 0 Å². The van der Waals surface area contributed by atoms with Crippen LogP contribution >= 0.6 is 0 Å². The lowest BCUT2D eigenvalue weighted by Gasteiger charge is -2.20. The fourth-order valence-corrected chi connectivity index (χ4v) is 2.32. The van der Waals surface area contributed by atoms with E-state index in [0.29, 0.717) is 11.3 Å². The molecule has 1 aromatic rings. The fraction of sp³-hybridized carbons (Fsp3) is 0.538. The highest BCUT2D eigenvalue weighted by molar-refractivity contribution is 5.55. The van der Waals surface area contributed by atoms with E-state index in [1.165, 1.54) is 18.2 Å². The molecule has 5 N–H and O–H groups in total. The smallest absolute Gasteiger partial charge is 0.269 e. The fourth-order valence-electron chi connectivity index (χ4n) is 2.32. The molecule has 0 unspecified atom stereocenters. The van der Waals surface area contributed by atoms with E-state index < -0.39 is 42.2 Å². The van der Waals surface area contributed by atoms with Gasteiger partial charge in [0.1, 0.15) is 24.4 Å². The lowest BCUT2D eigenvalue weighted by molar-refractivity contribution is -0.384. The van der Waals surface area contributed by atoms with E-state index in [9.17, 15) is 25.4 Å². The summed E-state index contributed by atoms with van der Waals surface area (Å²) >= 11 is 0. The maximum absolute atomic E-state index is 10.7. The molecule has 0 amide bonds. The number of ether oxygens (including phenoxy) is 1. The van der Waals surface area contributed by atoms with Gasteiger partial charge in [-0.2, -0.15) is 0 Å². The van der Waals surface area contributed by atoms with Crippen LogP contribution in [-0.4, -0.2) is 62.6 Å². The van der Waals surface area contributed by atoms with Crippen molar-refractivity contribution in [1.29, 1.82) is 0 Å². The van der Waals surface area contributed by atoms with Crippen molar-refractivity contribution in [2.24, 2.45) is 0 Å². The zero-order valence-electron chi connectivity index (χ0n) is 11.8. The van der Waals surface area contributed by atoms with Crippen LogP contribution in [0.4, 0.5) is 11.4 Å². The van der Waals surface area contributed by atoms with Crippen LogP contribution in [0.1, 0.15) is 5.56 Å². The summed E-state index contributed by atoms with van der Waals surface area (Å²) in [5.74, 6) is 0. The van der Waals surface area contributed by atoms with Gasteiger partial charge in [0.05, 0.1) is 11.5 Å². The molecule has 0 saturated carbocycles. The first kappa shape index (κ1) is 16.6. The van der Waals surface area contributed by atoms with Crippen LogP contribution in [0.25, 0.3) is 0 Å².